The van der Waals surface area contributed by atoms with Gasteiger partial charge >= 0.3 is 12.1 Å². The Hall–Kier alpha value is -4.10. The van der Waals surface area contributed by atoms with Crippen LogP contribution in [-0.4, -0.2) is 65.6 Å². The molecule has 6 rings (SSSR count). The standard InChI is InChI=1S/C33H35F3N6O3S/c1-3-44-30(43)25-18-32(19-38-25)12-14-42(15-13-32)26-17-27(41-31(37)40-26)45-29(33(34,35)36)21-6-4-20(5-7-21)22-8-10-24-23(16-22)9-11-28(39-24)46-2/h4-11,16-17,25,29,38H,3,12-15,18-19H2,1-2H3,(H2,37,40,41)/t25-,29+/m0/s1. The van der Waals surface area contributed by atoms with Gasteiger partial charge < -0.3 is 25.4 Å². The Morgan fingerprint density at radius 3 is 2.50 bits per heavy atom. The summed E-state index contributed by atoms with van der Waals surface area (Å²) in [6.45, 7) is 4.02. The van der Waals surface area contributed by atoms with Crippen molar-refractivity contribution in [1.82, 2.24) is 20.3 Å². The number of hydrogen-bond donors (Lipinski definition) is 2. The van der Waals surface area contributed by atoms with Crippen LogP contribution in [0.15, 0.2) is 65.7 Å². The number of aromatic nitrogens is 3. The van der Waals surface area contributed by atoms with Gasteiger partial charge in [0.2, 0.25) is 17.9 Å². The van der Waals surface area contributed by atoms with Crippen LogP contribution in [0.2, 0.25) is 0 Å². The summed E-state index contributed by atoms with van der Waals surface area (Å²) in [6, 6.07) is 16.9. The molecule has 0 saturated carbocycles. The average molecular weight is 653 g/mol. The molecule has 0 bridgehead atoms. The molecule has 242 valence electrons. The monoisotopic (exact) mass is 652 g/mol. The number of nitrogens with two attached hydrogens (primary N) is 1. The number of benzene rings is 2. The second kappa shape index (κ2) is 13.0. The third kappa shape index (κ3) is 6.85. The summed E-state index contributed by atoms with van der Waals surface area (Å²) in [4.78, 5) is 27.0. The van der Waals surface area contributed by atoms with Crippen molar-refractivity contribution in [3.05, 3.63) is 66.2 Å². The Bertz CT molecular complexity index is 1710. The van der Waals surface area contributed by atoms with Crippen LogP contribution in [0.5, 0.6) is 5.88 Å². The van der Waals surface area contributed by atoms with Crippen molar-refractivity contribution in [3.8, 4) is 17.0 Å². The van der Waals surface area contributed by atoms with Crippen LogP contribution < -0.4 is 20.7 Å². The lowest BCUT2D eigenvalue weighted by atomic mass is 9.76. The number of rotatable bonds is 8. The molecule has 4 aromatic rings. The number of carbonyl (C=O) groups is 1. The SMILES string of the molecule is CCOC(=O)[C@@H]1CC2(CCN(c3cc(O[C@H](c4ccc(-c5ccc6nc(SC)ccc6c5)cc4)C(F)(F)F)nc(N)n3)CC2)CN1. The number of nitrogen functional groups attached to an aromatic ring is 1. The zero-order chi connectivity index (χ0) is 32.5. The zero-order valence-electron chi connectivity index (χ0n) is 25.5. The number of esters is 1. The first kappa shape index (κ1) is 31.9. The first-order valence-electron chi connectivity index (χ1n) is 15.1. The molecular formula is C33H35F3N6O3S. The van der Waals surface area contributed by atoms with E-state index in [-0.39, 0.29) is 34.8 Å². The van der Waals surface area contributed by atoms with E-state index in [0.29, 0.717) is 38.5 Å². The summed E-state index contributed by atoms with van der Waals surface area (Å²) in [7, 11) is 0. The van der Waals surface area contributed by atoms with Crippen molar-refractivity contribution in [2.24, 2.45) is 5.41 Å². The smallest absolute Gasteiger partial charge is 0.429 e. The Morgan fingerprint density at radius 2 is 1.80 bits per heavy atom. The van der Waals surface area contributed by atoms with Crippen LogP contribution in [0, 0.1) is 5.41 Å². The Balaban J connectivity index is 1.16. The van der Waals surface area contributed by atoms with E-state index >= 15 is 0 Å². The Labute approximate surface area is 269 Å². The Morgan fingerprint density at radius 1 is 1.07 bits per heavy atom. The van der Waals surface area contributed by atoms with Crippen molar-refractivity contribution in [3.63, 3.8) is 0 Å². The zero-order valence-corrected chi connectivity index (χ0v) is 26.3. The summed E-state index contributed by atoms with van der Waals surface area (Å²) >= 11 is 1.56. The van der Waals surface area contributed by atoms with E-state index < -0.39 is 12.3 Å². The van der Waals surface area contributed by atoms with Gasteiger partial charge in [0.15, 0.2) is 0 Å². The molecule has 2 aliphatic rings. The van der Waals surface area contributed by atoms with Crippen LogP contribution in [0.1, 0.15) is 37.9 Å². The van der Waals surface area contributed by atoms with Crippen LogP contribution >= 0.6 is 11.8 Å². The largest absolute Gasteiger partial charge is 0.465 e. The quantitative estimate of drug-likeness (QED) is 0.169. The molecule has 2 saturated heterocycles. The minimum Gasteiger partial charge on any atom is -0.465 e. The number of carbonyl (C=O) groups excluding carboxylic acids is 1. The van der Waals surface area contributed by atoms with Gasteiger partial charge in [0.25, 0.3) is 0 Å². The molecule has 13 heteroatoms. The van der Waals surface area contributed by atoms with Gasteiger partial charge in [-0.2, -0.15) is 23.1 Å². The van der Waals surface area contributed by atoms with Gasteiger partial charge in [0, 0.05) is 36.7 Å². The van der Waals surface area contributed by atoms with E-state index in [9.17, 15) is 18.0 Å². The Kier molecular flexibility index (Phi) is 8.97. The number of nitrogens with zero attached hydrogens (tertiary/aromatic N) is 4. The highest BCUT2D eigenvalue weighted by Gasteiger charge is 2.45. The first-order chi connectivity index (χ1) is 22.1. The topological polar surface area (TPSA) is 115 Å². The molecule has 0 aliphatic carbocycles. The summed E-state index contributed by atoms with van der Waals surface area (Å²) in [5.74, 6) is -0.274. The van der Waals surface area contributed by atoms with Crippen molar-refractivity contribution in [2.45, 2.75) is 49.5 Å². The summed E-state index contributed by atoms with van der Waals surface area (Å²) in [5, 5.41) is 5.14. The predicted molar refractivity (Wildman–Crippen MR) is 172 cm³/mol. The molecule has 1 spiro atoms. The lowest BCUT2D eigenvalue weighted by molar-refractivity contribution is -0.198. The molecule has 0 amide bonds. The second-order valence-corrected chi connectivity index (χ2v) is 12.5. The number of anilines is 2. The molecule has 2 atom stereocenters. The van der Waals surface area contributed by atoms with Gasteiger partial charge in [-0.3, -0.25) is 4.79 Å². The highest BCUT2D eigenvalue weighted by atomic mass is 32.2. The molecule has 2 fully saturated rings. The molecule has 0 unspecified atom stereocenters. The van der Waals surface area contributed by atoms with E-state index in [1.165, 1.54) is 18.2 Å². The van der Waals surface area contributed by atoms with Gasteiger partial charge in [-0.15, -0.1) is 11.8 Å². The molecule has 2 aliphatic heterocycles. The summed E-state index contributed by atoms with van der Waals surface area (Å²) < 4.78 is 53.7. The van der Waals surface area contributed by atoms with Gasteiger partial charge in [-0.1, -0.05) is 36.4 Å². The van der Waals surface area contributed by atoms with Crippen molar-refractivity contribution in [1.29, 1.82) is 0 Å². The lowest BCUT2D eigenvalue weighted by Crippen LogP contribution is -2.41. The molecule has 4 heterocycles. The number of piperidine rings is 1. The molecule has 46 heavy (non-hydrogen) atoms. The van der Waals surface area contributed by atoms with Gasteiger partial charge in [0.1, 0.15) is 11.9 Å². The van der Waals surface area contributed by atoms with Gasteiger partial charge in [0.05, 0.1) is 17.1 Å². The van der Waals surface area contributed by atoms with Gasteiger partial charge in [-0.25, -0.2) is 4.98 Å². The van der Waals surface area contributed by atoms with Crippen LogP contribution in [-0.2, 0) is 9.53 Å². The summed E-state index contributed by atoms with van der Waals surface area (Å²) in [6.07, 6.45) is -2.77. The van der Waals surface area contributed by atoms with E-state index in [2.05, 4.69) is 20.3 Å². The van der Waals surface area contributed by atoms with Crippen LogP contribution in [0.4, 0.5) is 24.9 Å². The molecule has 9 nitrogen and oxygen atoms in total. The number of nitrogens with one attached hydrogen (secondary N) is 1. The average Bonchev–Trinajstić information content (AvgIpc) is 3.46. The predicted octanol–water partition coefficient (Wildman–Crippen LogP) is 6.19. The fourth-order valence-corrected chi connectivity index (χ4v) is 6.66. The lowest BCUT2D eigenvalue weighted by Gasteiger charge is -2.39. The number of ether oxygens (including phenoxy) is 2. The van der Waals surface area contributed by atoms with E-state index in [1.54, 1.807) is 30.8 Å². The molecule has 0 radical (unpaired) electrons. The highest BCUT2D eigenvalue weighted by molar-refractivity contribution is 7.98. The third-order valence-corrected chi connectivity index (χ3v) is 9.39. The van der Waals surface area contributed by atoms with Gasteiger partial charge in [-0.05, 0) is 67.2 Å². The number of alkyl halides is 3. The van der Waals surface area contributed by atoms with E-state index in [1.807, 2.05) is 41.5 Å². The van der Waals surface area contributed by atoms with Crippen LogP contribution in [0.25, 0.3) is 22.0 Å². The maximum Gasteiger partial charge on any atom is 0.429 e. The van der Waals surface area contributed by atoms with E-state index in [4.69, 9.17) is 15.2 Å². The van der Waals surface area contributed by atoms with Crippen molar-refractivity contribution in [2.75, 3.05) is 43.1 Å². The number of thioether (sulfide) groups is 1. The maximum atomic E-state index is 14.4. The molecule has 3 N–H and O–H groups in total. The number of hydrogen-bond acceptors (Lipinski definition) is 10. The summed E-state index contributed by atoms with van der Waals surface area (Å²) in [5.41, 5.74) is 8.31. The second-order valence-electron chi connectivity index (χ2n) is 11.7. The normalized spacial score (nSPS) is 18.5. The molecular weight excluding hydrogens is 617 g/mol. The van der Waals surface area contributed by atoms with E-state index in [0.717, 1.165) is 39.9 Å². The number of pyridine rings is 1. The number of halogens is 3. The van der Waals surface area contributed by atoms with Crippen LogP contribution in [0.3, 0.4) is 0 Å². The van der Waals surface area contributed by atoms with Crippen molar-refractivity contribution < 1.29 is 27.4 Å². The third-order valence-electron chi connectivity index (χ3n) is 8.74. The fourth-order valence-electron chi connectivity index (χ4n) is 6.27. The number of fused-ring (bicyclic) bond motifs is 1. The highest BCUT2D eigenvalue weighted by Crippen LogP contribution is 2.42. The van der Waals surface area contributed by atoms with Crippen molar-refractivity contribution >= 4 is 40.4 Å². The molecule has 2 aromatic carbocycles. The first-order valence-corrected chi connectivity index (χ1v) is 16.4. The fraction of sp³-hybridized carbons (Fsp3) is 0.394. The maximum absolute atomic E-state index is 14.4. The minimum atomic E-state index is -4.71. The molecule has 2 aromatic heterocycles. The minimum absolute atomic E-state index is 0.0547.